The third-order valence-corrected chi connectivity index (χ3v) is 3.45. The van der Waals surface area contributed by atoms with Crippen molar-refractivity contribution in [3.8, 4) is 0 Å². The highest BCUT2D eigenvalue weighted by Gasteiger charge is 2.25. The molecule has 0 bridgehead atoms. The van der Waals surface area contributed by atoms with Crippen molar-refractivity contribution in [3.05, 3.63) is 60.7 Å². The molecule has 0 unspecified atom stereocenters. The minimum absolute atomic E-state index is 0.191. The Kier molecular flexibility index (Phi) is 6.25. The molecule has 0 atom stereocenters. The lowest BCUT2D eigenvalue weighted by atomic mass is 10.1. The van der Waals surface area contributed by atoms with Crippen LogP contribution < -0.4 is 10.6 Å². The molecule has 0 aliphatic heterocycles. The first-order valence-corrected chi connectivity index (χ1v) is 7.71. The summed E-state index contributed by atoms with van der Waals surface area (Å²) in [7, 11) is 0. The Labute approximate surface area is 131 Å². The van der Waals surface area contributed by atoms with Crippen molar-refractivity contribution in [3.63, 3.8) is 0 Å². The number of rotatable bonds is 9. The molecule has 2 aromatic rings. The Bertz CT molecular complexity index is 490. The molecule has 2 aromatic carbocycles. The van der Waals surface area contributed by atoms with Crippen LogP contribution in [0.3, 0.4) is 0 Å². The smallest absolute Gasteiger partial charge is 0.214 e. The van der Waals surface area contributed by atoms with E-state index in [9.17, 15) is 5.11 Å². The Morgan fingerprint density at radius 1 is 0.727 bits per heavy atom. The molecule has 118 valence electrons. The highest BCUT2D eigenvalue weighted by molar-refractivity contribution is 5.50. The summed E-state index contributed by atoms with van der Waals surface area (Å²) in [5.41, 5.74) is 1.71. The quantitative estimate of drug-likeness (QED) is 0.423. The van der Waals surface area contributed by atoms with E-state index in [1.54, 1.807) is 0 Å². The predicted molar refractivity (Wildman–Crippen MR) is 90.6 cm³/mol. The molecule has 0 aliphatic carbocycles. The molecule has 0 heterocycles. The van der Waals surface area contributed by atoms with E-state index >= 15 is 0 Å². The molecule has 0 saturated carbocycles. The number of aliphatic hydroxyl groups is 2. The largest absolute Gasteiger partial charge is 0.396 e. The maximum Gasteiger partial charge on any atom is 0.214 e. The Hall–Kier alpha value is -2.04. The van der Waals surface area contributed by atoms with Crippen LogP contribution in [0.5, 0.6) is 0 Å². The van der Waals surface area contributed by atoms with Gasteiger partial charge in [-0.25, -0.2) is 0 Å². The minimum atomic E-state index is -1.22. The topological polar surface area (TPSA) is 64.5 Å². The number of para-hydroxylation sites is 2. The fraction of sp³-hybridized carbons (Fsp3) is 0.333. The van der Waals surface area contributed by atoms with Gasteiger partial charge < -0.3 is 20.8 Å². The van der Waals surface area contributed by atoms with E-state index in [1.165, 1.54) is 0 Å². The summed E-state index contributed by atoms with van der Waals surface area (Å²) in [5.74, 6) is -1.22. The molecule has 4 nitrogen and oxygen atoms in total. The van der Waals surface area contributed by atoms with Crippen molar-refractivity contribution >= 4 is 11.4 Å². The van der Waals surface area contributed by atoms with Gasteiger partial charge in [-0.15, -0.1) is 0 Å². The average Bonchev–Trinajstić information content (AvgIpc) is 2.53. The second kappa shape index (κ2) is 8.41. The molecule has 0 amide bonds. The fourth-order valence-corrected chi connectivity index (χ4v) is 2.35. The normalized spacial score (nSPS) is 11.2. The van der Waals surface area contributed by atoms with Crippen LogP contribution in [0.25, 0.3) is 0 Å². The second-order valence-electron chi connectivity index (χ2n) is 5.38. The zero-order valence-corrected chi connectivity index (χ0v) is 12.7. The highest BCUT2D eigenvalue weighted by Crippen LogP contribution is 2.22. The first-order chi connectivity index (χ1) is 10.7. The summed E-state index contributed by atoms with van der Waals surface area (Å²) in [6.45, 7) is 0.191. The van der Waals surface area contributed by atoms with Gasteiger partial charge in [-0.1, -0.05) is 42.8 Å². The fourth-order valence-electron chi connectivity index (χ4n) is 2.35. The number of hydrogen-bond acceptors (Lipinski definition) is 4. The Morgan fingerprint density at radius 3 is 1.68 bits per heavy atom. The molecule has 22 heavy (non-hydrogen) atoms. The van der Waals surface area contributed by atoms with E-state index in [4.69, 9.17) is 5.11 Å². The molecule has 0 fully saturated rings. The third-order valence-electron chi connectivity index (χ3n) is 3.45. The summed E-state index contributed by atoms with van der Waals surface area (Å²) >= 11 is 0. The maximum atomic E-state index is 10.9. The van der Waals surface area contributed by atoms with E-state index in [1.807, 2.05) is 60.7 Å². The van der Waals surface area contributed by atoms with Crippen LogP contribution >= 0.6 is 0 Å². The van der Waals surface area contributed by atoms with E-state index in [0.29, 0.717) is 6.42 Å². The van der Waals surface area contributed by atoms with E-state index in [0.717, 1.165) is 30.6 Å². The monoisotopic (exact) mass is 300 g/mol. The predicted octanol–water partition coefficient (Wildman–Crippen LogP) is 3.41. The summed E-state index contributed by atoms with van der Waals surface area (Å²) in [5, 5.41) is 26.1. The third kappa shape index (κ3) is 5.39. The SMILES string of the molecule is OCCCCCC(O)(Nc1ccccc1)Nc1ccccc1. The van der Waals surface area contributed by atoms with Crippen molar-refractivity contribution in [2.24, 2.45) is 0 Å². The summed E-state index contributed by atoms with van der Waals surface area (Å²) in [6.07, 6.45) is 2.99. The number of nitrogens with one attached hydrogen (secondary N) is 2. The summed E-state index contributed by atoms with van der Waals surface area (Å²) < 4.78 is 0. The van der Waals surface area contributed by atoms with Crippen molar-refractivity contribution in [1.82, 2.24) is 0 Å². The first-order valence-electron chi connectivity index (χ1n) is 7.71. The molecule has 0 aromatic heterocycles. The van der Waals surface area contributed by atoms with Crippen LogP contribution in [0.2, 0.25) is 0 Å². The molecule has 4 N–H and O–H groups in total. The van der Waals surface area contributed by atoms with Crippen LogP contribution in [-0.4, -0.2) is 22.7 Å². The number of aliphatic hydroxyl groups excluding tert-OH is 1. The summed E-state index contributed by atoms with van der Waals surface area (Å²) in [4.78, 5) is 0. The lowest BCUT2D eigenvalue weighted by Gasteiger charge is -2.32. The number of anilines is 2. The van der Waals surface area contributed by atoms with Gasteiger partial charge in [0.25, 0.3) is 0 Å². The van der Waals surface area contributed by atoms with Gasteiger partial charge in [0.05, 0.1) is 0 Å². The van der Waals surface area contributed by atoms with E-state index < -0.39 is 5.85 Å². The molecular weight excluding hydrogens is 276 g/mol. The average molecular weight is 300 g/mol. The molecule has 0 saturated heterocycles. The second-order valence-corrected chi connectivity index (χ2v) is 5.38. The van der Waals surface area contributed by atoms with E-state index in [2.05, 4.69) is 10.6 Å². The zero-order valence-electron chi connectivity index (χ0n) is 12.7. The number of unbranched alkanes of at least 4 members (excludes halogenated alkanes) is 2. The molecule has 0 spiro atoms. The van der Waals surface area contributed by atoms with Gasteiger partial charge in [0, 0.05) is 24.4 Å². The molecular formula is C18H24N2O2. The number of hydrogen-bond donors (Lipinski definition) is 4. The van der Waals surface area contributed by atoms with Crippen LogP contribution in [0.1, 0.15) is 25.7 Å². The standard InChI is InChI=1S/C18H24N2O2/c21-15-9-3-8-14-18(22,19-16-10-4-1-5-11-16)20-17-12-6-2-7-13-17/h1-2,4-7,10-13,19-22H,3,8-9,14-15H2. The van der Waals surface area contributed by atoms with Gasteiger partial charge in [-0.05, 0) is 37.1 Å². The zero-order chi connectivity index (χ0) is 15.7. The van der Waals surface area contributed by atoms with Crippen LogP contribution in [-0.2, 0) is 0 Å². The van der Waals surface area contributed by atoms with Crippen molar-refractivity contribution < 1.29 is 10.2 Å². The van der Waals surface area contributed by atoms with Crippen LogP contribution in [0.4, 0.5) is 11.4 Å². The first kappa shape index (κ1) is 16.3. The number of benzene rings is 2. The molecule has 4 heteroatoms. The molecule has 0 aliphatic rings. The Balaban J connectivity index is 2.05. The summed E-state index contributed by atoms with van der Waals surface area (Å²) in [6, 6.07) is 19.3. The lowest BCUT2D eigenvalue weighted by Crippen LogP contribution is -2.46. The van der Waals surface area contributed by atoms with Gasteiger partial charge >= 0.3 is 0 Å². The van der Waals surface area contributed by atoms with Crippen LogP contribution in [0.15, 0.2) is 60.7 Å². The van der Waals surface area contributed by atoms with Gasteiger partial charge in [-0.2, -0.15) is 0 Å². The molecule has 2 rings (SSSR count). The van der Waals surface area contributed by atoms with Gasteiger partial charge in [0.1, 0.15) is 0 Å². The van der Waals surface area contributed by atoms with Crippen molar-refractivity contribution in [1.29, 1.82) is 0 Å². The van der Waals surface area contributed by atoms with Gasteiger partial charge in [0.15, 0.2) is 0 Å². The highest BCUT2D eigenvalue weighted by atomic mass is 16.3. The minimum Gasteiger partial charge on any atom is -0.396 e. The van der Waals surface area contributed by atoms with Gasteiger partial charge in [-0.3, -0.25) is 0 Å². The molecule has 0 radical (unpaired) electrons. The van der Waals surface area contributed by atoms with E-state index in [-0.39, 0.29) is 6.61 Å². The lowest BCUT2D eigenvalue weighted by molar-refractivity contribution is 0.0865. The van der Waals surface area contributed by atoms with Crippen molar-refractivity contribution in [2.45, 2.75) is 31.5 Å². The van der Waals surface area contributed by atoms with Crippen LogP contribution in [0, 0.1) is 0 Å². The van der Waals surface area contributed by atoms with Gasteiger partial charge in [0.2, 0.25) is 5.85 Å². The maximum absolute atomic E-state index is 10.9. The van der Waals surface area contributed by atoms with Crippen molar-refractivity contribution in [2.75, 3.05) is 17.2 Å². The Morgan fingerprint density at radius 2 is 1.23 bits per heavy atom.